The van der Waals surface area contributed by atoms with Crippen LogP contribution in [0.15, 0.2) is 42.5 Å². The second kappa shape index (κ2) is 17.3. The van der Waals surface area contributed by atoms with Gasteiger partial charge in [-0.25, -0.2) is 23.6 Å². The number of hydrogen-bond donors (Lipinski definition) is 5. The molecule has 1 aliphatic rings. The summed E-state index contributed by atoms with van der Waals surface area (Å²) in [4.78, 5) is 38.8. The number of nitrogens with zero attached hydrogens (tertiary/aromatic N) is 1. The maximum atomic E-state index is 13.3. The van der Waals surface area contributed by atoms with E-state index in [0.717, 1.165) is 55.5 Å². The van der Waals surface area contributed by atoms with Crippen LogP contribution in [-0.2, 0) is 30.5 Å². The molecule has 1 aliphatic heterocycles. The van der Waals surface area contributed by atoms with Gasteiger partial charge in [-0.15, -0.1) is 0 Å². The Morgan fingerprint density at radius 2 is 1.33 bits per heavy atom. The van der Waals surface area contributed by atoms with Crippen LogP contribution in [0.4, 0.5) is 4.39 Å². The summed E-state index contributed by atoms with van der Waals surface area (Å²) in [7, 11) is 3.30. The van der Waals surface area contributed by atoms with Crippen molar-refractivity contribution in [3.63, 3.8) is 0 Å². The highest BCUT2D eigenvalue weighted by Gasteiger charge is 2.22. The highest BCUT2D eigenvalue weighted by molar-refractivity contribution is 6.27. The molecule has 0 aliphatic carbocycles. The van der Waals surface area contributed by atoms with Crippen LogP contribution in [0.3, 0.4) is 0 Å². The maximum Gasteiger partial charge on any atom is 0.414 e. The van der Waals surface area contributed by atoms with E-state index in [9.17, 15) is 4.39 Å². The van der Waals surface area contributed by atoms with E-state index < -0.39 is 23.9 Å². The summed E-state index contributed by atoms with van der Waals surface area (Å²) in [5.74, 6) is -5.96. The van der Waals surface area contributed by atoms with Crippen LogP contribution in [-0.4, -0.2) is 96.3 Å². The third kappa shape index (κ3) is 12.7. The molecule has 1 fully saturated rings. The van der Waals surface area contributed by atoms with Gasteiger partial charge in [0.1, 0.15) is 17.3 Å². The number of aliphatic carboxylic acids is 4. The fraction of sp³-hybridized carbons (Fsp3) is 0.360. The van der Waals surface area contributed by atoms with Gasteiger partial charge in [-0.1, -0.05) is 12.1 Å². The number of carboxylic acid groups (broad SMARTS) is 4. The molecule has 1 heterocycles. The fourth-order valence-electron chi connectivity index (χ4n) is 3.35. The molecule has 1 atom stereocenters. The molecule has 0 spiro atoms. The van der Waals surface area contributed by atoms with E-state index in [2.05, 4.69) is 10.2 Å². The van der Waals surface area contributed by atoms with Gasteiger partial charge < -0.3 is 40.0 Å². The molecule has 13 nitrogen and oxygen atoms in total. The first-order chi connectivity index (χ1) is 18.5. The molecule has 0 bridgehead atoms. The van der Waals surface area contributed by atoms with Crippen molar-refractivity contribution < 1.29 is 58.2 Å². The largest absolute Gasteiger partial charge is 0.497 e. The molecule has 1 unspecified atom stereocenters. The number of hydrogen-bond acceptors (Lipinski definition) is 9. The lowest BCUT2D eigenvalue weighted by molar-refractivity contribution is -0.159. The summed E-state index contributed by atoms with van der Waals surface area (Å²) in [5, 5.41) is 33.1. The number of carbonyl (C=O) groups is 4. The molecule has 5 N–H and O–H groups in total. The number of methoxy groups -OCH3 is 2. The molecule has 214 valence electrons. The van der Waals surface area contributed by atoms with E-state index in [0.29, 0.717) is 6.54 Å². The number of carboxylic acids is 4. The molecule has 14 heteroatoms. The molecule has 1 saturated heterocycles. The third-order valence-electron chi connectivity index (χ3n) is 5.19. The van der Waals surface area contributed by atoms with Gasteiger partial charge in [-0.2, -0.15) is 0 Å². The van der Waals surface area contributed by atoms with Gasteiger partial charge in [0.2, 0.25) is 0 Å². The van der Waals surface area contributed by atoms with E-state index >= 15 is 0 Å². The first-order valence-electron chi connectivity index (χ1n) is 11.4. The smallest absolute Gasteiger partial charge is 0.414 e. The molecular formula is C25H31FN2O11. The highest BCUT2D eigenvalue weighted by Crippen LogP contribution is 2.24. The van der Waals surface area contributed by atoms with Gasteiger partial charge in [-0.3, -0.25) is 4.90 Å². The number of halogens is 1. The second-order valence-corrected chi connectivity index (χ2v) is 7.79. The number of ether oxygens (including phenoxy) is 3. The Morgan fingerprint density at radius 3 is 1.74 bits per heavy atom. The Bertz CT molecular complexity index is 1020. The summed E-state index contributed by atoms with van der Waals surface area (Å²) in [6.45, 7) is 4.64. The van der Waals surface area contributed by atoms with Crippen molar-refractivity contribution in [2.45, 2.75) is 12.6 Å². The van der Waals surface area contributed by atoms with E-state index in [1.165, 1.54) is 12.1 Å². The average Bonchev–Trinajstić information content (AvgIpc) is 2.92. The fourth-order valence-corrected chi connectivity index (χ4v) is 3.35. The molecule has 2 aromatic rings. The normalized spacial score (nSPS) is 13.4. The maximum absolute atomic E-state index is 13.3. The lowest BCUT2D eigenvalue weighted by atomic mass is 10.0. The Morgan fingerprint density at radius 1 is 0.872 bits per heavy atom. The predicted molar refractivity (Wildman–Crippen MR) is 133 cm³/mol. The van der Waals surface area contributed by atoms with E-state index in [1.54, 1.807) is 14.2 Å². The molecule has 0 aromatic heterocycles. The van der Waals surface area contributed by atoms with Crippen molar-refractivity contribution >= 4 is 23.9 Å². The van der Waals surface area contributed by atoms with Gasteiger partial charge in [-0.05, 0) is 35.4 Å². The van der Waals surface area contributed by atoms with Crippen molar-refractivity contribution in [3.8, 4) is 11.5 Å². The zero-order valence-corrected chi connectivity index (χ0v) is 21.3. The minimum Gasteiger partial charge on any atom is -0.497 e. The Balaban J connectivity index is 0.000000530. The van der Waals surface area contributed by atoms with Gasteiger partial charge in [0, 0.05) is 38.3 Å². The van der Waals surface area contributed by atoms with Crippen molar-refractivity contribution in [1.82, 2.24) is 10.2 Å². The number of benzene rings is 2. The average molecular weight is 555 g/mol. The summed E-state index contributed by atoms with van der Waals surface area (Å²) in [6, 6.07) is 12.8. The summed E-state index contributed by atoms with van der Waals surface area (Å²) in [5.41, 5.74) is 2.19. The van der Waals surface area contributed by atoms with Crippen molar-refractivity contribution in [2.75, 3.05) is 47.1 Å². The van der Waals surface area contributed by atoms with Gasteiger partial charge in [0.25, 0.3) is 0 Å². The monoisotopic (exact) mass is 554 g/mol. The predicted octanol–water partition coefficient (Wildman–Crippen LogP) is 1.32. The van der Waals surface area contributed by atoms with Crippen LogP contribution >= 0.6 is 0 Å². The van der Waals surface area contributed by atoms with Crippen LogP contribution in [0.1, 0.15) is 17.2 Å². The van der Waals surface area contributed by atoms with Crippen LogP contribution in [0.25, 0.3) is 0 Å². The highest BCUT2D eigenvalue weighted by atomic mass is 19.1. The Hall–Kier alpha value is -4.27. The zero-order chi connectivity index (χ0) is 29.4. The van der Waals surface area contributed by atoms with E-state index in [1.807, 2.05) is 30.3 Å². The summed E-state index contributed by atoms with van der Waals surface area (Å²) in [6.07, 6.45) is 0. The van der Waals surface area contributed by atoms with Gasteiger partial charge in [0.05, 0.1) is 27.4 Å². The van der Waals surface area contributed by atoms with Crippen molar-refractivity contribution in [3.05, 3.63) is 59.4 Å². The van der Waals surface area contributed by atoms with E-state index in [-0.39, 0.29) is 11.9 Å². The number of rotatable bonds is 8. The molecule has 39 heavy (non-hydrogen) atoms. The Labute approximate surface area is 223 Å². The zero-order valence-electron chi connectivity index (χ0n) is 21.3. The molecule has 0 amide bonds. The van der Waals surface area contributed by atoms with Crippen molar-refractivity contribution in [1.29, 1.82) is 0 Å². The quantitative estimate of drug-likeness (QED) is 0.294. The van der Waals surface area contributed by atoms with Crippen LogP contribution < -0.4 is 14.8 Å². The third-order valence-corrected chi connectivity index (χ3v) is 5.19. The topological polar surface area (TPSA) is 192 Å². The summed E-state index contributed by atoms with van der Waals surface area (Å²) >= 11 is 0. The first-order valence-corrected chi connectivity index (χ1v) is 11.4. The molecule has 0 radical (unpaired) electrons. The van der Waals surface area contributed by atoms with Crippen molar-refractivity contribution in [2.24, 2.45) is 0 Å². The SMILES string of the molecule is COc1cc(CNCC(c2ccc(F)cc2)N2CCOCC2)cc(OC)c1.O=C(O)C(=O)O.O=C(O)C(=O)O. The van der Waals surface area contributed by atoms with Crippen LogP contribution in [0.2, 0.25) is 0 Å². The summed E-state index contributed by atoms with van der Waals surface area (Å²) < 4.78 is 29.5. The van der Waals surface area contributed by atoms with Gasteiger partial charge in [0.15, 0.2) is 0 Å². The molecule has 2 aromatic carbocycles. The van der Waals surface area contributed by atoms with Crippen LogP contribution in [0.5, 0.6) is 11.5 Å². The van der Waals surface area contributed by atoms with Crippen LogP contribution in [0, 0.1) is 5.82 Å². The first kappa shape index (κ1) is 32.8. The molecule has 3 rings (SSSR count). The minimum atomic E-state index is -1.82. The molecule has 0 saturated carbocycles. The Kier molecular flexibility index (Phi) is 14.5. The van der Waals surface area contributed by atoms with E-state index in [4.69, 9.17) is 53.8 Å². The van der Waals surface area contributed by atoms with Gasteiger partial charge >= 0.3 is 23.9 Å². The second-order valence-electron chi connectivity index (χ2n) is 7.79. The standard InChI is InChI=1S/C21H27FN2O3.2C2H2O4/c1-25-19-11-16(12-20(13-19)26-2)14-23-15-21(24-7-9-27-10-8-24)17-3-5-18(22)6-4-17;2*3-1(4)2(5)6/h3-6,11-13,21,23H,7-10,14-15H2,1-2H3;2*(H,3,4)(H,5,6). The lowest BCUT2D eigenvalue weighted by Crippen LogP contribution is -2.42. The molecular weight excluding hydrogens is 523 g/mol. The number of morpholine rings is 1. The number of nitrogens with one attached hydrogen (secondary N) is 1. The minimum absolute atomic E-state index is 0.169. The lowest BCUT2D eigenvalue weighted by Gasteiger charge is -2.35.